The summed E-state index contributed by atoms with van der Waals surface area (Å²) in [6.07, 6.45) is -0.558. The molecule has 1 aromatic carbocycles. The highest BCUT2D eigenvalue weighted by atomic mass is 16.6. The van der Waals surface area contributed by atoms with Crippen molar-refractivity contribution in [1.82, 2.24) is 4.90 Å². The van der Waals surface area contributed by atoms with Gasteiger partial charge in [-0.15, -0.1) is 0 Å². The molecular formula is C15H19NO4. The van der Waals surface area contributed by atoms with Crippen LogP contribution in [0.1, 0.15) is 19.4 Å². The number of amides is 1. The molecule has 1 aliphatic rings. The number of nitrogens with zero attached hydrogens (tertiary/aromatic N) is 1. The van der Waals surface area contributed by atoms with Crippen molar-refractivity contribution in [3.63, 3.8) is 0 Å². The quantitative estimate of drug-likeness (QED) is 0.921. The largest absolute Gasteiger partial charge is 0.480 e. The summed E-state index contributed by atoms with van der Waals surface area (Å²) < 4.78 is 5.21. The summed E-state index contributed by atoms with van der Waals surface area (Å²) in [6, 6.07) is 8.53. The van der Waals surface area contributed by atoms with Crippen LogP contribution in [0, 0.1) is 11.8 Å². The number of carbonyl (C=O) groups is 2. The normalized spacial score (nSPS) is 25.5. The standard InChI is InChI=1S/C15H19NO4/c1-10-8-16(13(11(10)2)14(17)18)15(19)20-9-12-6-4-3-5-7-12/h3-7,10-11,13H,8-9H2,1-2H3,(H,17,18)/t10?,11-,13?/m0/s1. The molecule has 1 N–H and O–H groups in total. The van der Waals surface area contributed by atoms with E-state index in [1.165, 1.54) is 4.90 Å². The van der Waals surface area contributed by atoms with Crippen molar-refractivity contribution in [2.75, 3.05) is 6.54 Å². The van der Waals surface area contributed by atoms with E-state index in [0.29, 0.717) is 6.54 Å². The van der Waals surface area contributed by atoms with Crippen molar-refractivity contribution in [2.24, 2.45) is 11.8 Å². The summed E-state index contributed by atoms with van der Waals surface area (Å²) in [7, 11) is 0. The maximum atomic E-state index is 12.1. The minimum Gasteiger partial charge on any atom is -0.480 e. The Morgan fingerprint density at radius 1 is 1.30 bits per heavy atom. The van der Waals surface area contributed by atoms with E-state index in [-0.39, 0.29) is 18.4 Å². The van der Waals surface area contributed by atoms with Gasteiger partial charge in [-0.05, 0) is 17.4 Å². The molecule has 0 bridgehead atoms. The second kappa shape index (κ2) is 5.94. The smallest absolute Gasteiger partial charge is 0.410 e. The highest BCUT2D eigenvalue weighted by Gasteiger charge is 2.44. The van der Waals surface area contributed by atoms with Crippen molar-refractivity contribution in [2.45, 2.75) is 26.5 Å². The third-order valence-corrected chi connectivity index (χ3v) is 3.91. The molecule has 3 atom stereocenters. The molecule has 1 aromatic rings. The first-order chi connectivity index (χ1) is 9.50. The lowest BCUT2D eigenvalue weighted by molar-refractivity contribution is -0.142. The Morgan fingerprint density at radius 3 is 2.55 bits per heavy atom. The fraction of sp³-hybridized carbons (Fsp3) is 0.467. The maximum absolute atomic E-state index is 12.1. The minimum absolute atomic E-state index is 0.0724. The van der Waals surface area contributed by atoms with Crippen LogP contribution in [-0.2, 0) is 16.1 Å². The van der Waals surface area contributed by atoms with E-state index in [9.17, 15) is 14.7 Å². The molecule has 2 unspecified atom stereocenters. The van der Waals surface area contributed by atoms with Gasteiger partial charge in [0.25, 0.3) is 0 Å². The molecular weight excluding hydrogens is 258 g/mol. The highest BCUT2D eigenvalue weighted by Crippen LogP contribution is 2.30. The van der Waals surface area contributed by atoms with Crippen LogP contribution >= 0.6 is 0 Å². The van der Waals surface area contributed by atoms with Crippen molar-refractivity contribution in [1.29, 1.82) is 0 Å². The summed E-state index contributed by atoms with van der Waals surface area (Å²) in [5, 5.41) is 9.26. The van der Waals surface area contributed by atoms with Gasteiger partial charge in [0.1, 0.15) is 12.6 Å². The molecule has 1 amide bonds. The fourth-order valence-corrected chi connectivity index (χ4v) is 2.53. The van der Waals surface area contributed by atoms with E-state index >= 15 is 0 Å². The maximum Gasteiger partial charge on any atom is 0.410 e. The average Bonchev–Trinajstić information content (AvgIpc) is 2.73. The first-order valence-electron chi connectivity index (χ1n) is 6.71. The van der Waals surface area contributed by atoms with Crippen LogP contribution in [-0.4, -0.2) is 34.7 Å². The molecule has 2 rings (SSSR count). The van der Waals surface area contributed by atoms with E-state index in [2.05, 4.69) is 0 Å². The topological polar surface area (TPSA) is 66.8 Å². The lowest BCUT2D eigenvalue weighted by Gasteiger charge is -2.22. The lowest BCUT2D eigenvalue weighted by atomic mass is 9.94. The molecule has 1 fully saturated rings. The zero-order valence-electron chi connectivity index (χ0n) is 11.7. The van der Waals surface area contributed by atoms with E-state index in [4.69, 9.17) is 4.74 Å². The van der Waals surface area contributed by atoms with Crippen molar-refractivity contribution >= 4 is 12.1 Å². The molecule has 5 heteroatoms. The summed E-state index contributed by atoms with van der Waals surface area (Å²) in [4.78, 5) is 24.7. The third-order valence-electron chi connectivity index (χ3n) is 3.91. The Balaban J connectivity index is 1.99. The van der Waals surface area contributed by atoms with Crippen LogP contribution in [0.15, 0.2) is 30.3 Å². The predicted octanol–water partition coefficient (Wildman–Crippen LogP) is 2.36. The first kappa shape index (κ1) is 14.4. The Kier molecular flexibility index (Phi) is 4.27. The predicted molar refractivity (Wildman–Crippen MR) is 73.1 cm³/mol. The molecule has 0 aromatic heterocycles. The number of rotatable bonds is 3. The fourth-order valence-electron chi connectivity index (χ4n) is 2.53. The van der Waals surface area contributed by atoms with Crippen molar-refractivity contribution < 1.29 is 19.4 Å². The van der Waals surface area contributed by atoms with Crippen LogP contribution in [0.2, 0.25) is 0 Å². The Morgan fingerprint density at radius 2 is 1.95 bits per heavy atom. The highest BCUT2D eigenvalue weighted by molar-refractivity contribution is 5.81. The second-order valence-electron chi connectivity index (χ2n) is 5.31. The number of hydrogen-bond acceptors (Lipinski definition) is 3. The van der Waals surface area contributed by atoms with Gasteiger partial charge in [0, 0.05) is 6.54 Å². The van der Waals surface area contributed by atoms with Gasteiger partial charge in [-0.25, -0.2) is 9.59 Å². The van der Waals surface area contributed by atoms with E-state index in [1.807, 2.05) is 44.2 Å². The molecule has 1 aliphatic heterocycles. The Hall–Kier alpha value is -2.04. The molecule has 108 valence electrons. The van der Waals surface area contributed by atoms with Crippen LogP contribution in [0.3, 0.4) is 0 Å². The molecule has 20 heavy (non-hydrogen) atoms. The number of likely N-dealkylation sites (tertiary alicyclic amines) is 1. The monoisotopic (exact) mass is 277 g/mol. The summed E-state index contributed by atoms with van der Waals surface area (Å²) in [6.45, 7) is 4.38. The second-order valence-corrected chi connectivity index (χ2v) is 5.31. The van der Waals surface area contributed by atoms with Gasteiger partial charge in [-0.1, -0.05) is 44.2 Å². The van der Waals surface area contributed by atoms with Crippen molar-refractivity contribution in [3.8, 4) is 0 Å². The molecule has 5 nitrogen and oxygen atoms in total. The number of benzene rings is 1. The van der Waals surface area contributed by atoms with Gasteiger partial charge in [0.15, 0.2) is 0 Å². The molecule has 0 saturated carbocycles. The summed E-state index contributed by atoms with van der Waals surface area (Å²) in [5.41, 5.74) is 0.882. The SMILES string of the molecule is CC1CN(C(=O)OCc2ccccc2)C(C(=O)O)[C@H]1C. The Labute approximate surface area is 118 Å². The summed E-state index contributed by atoms with van der Waals surface area (Å²) in [5.74, 6) is -0.893. The average molecular weight is 277 g/mol. The van der Waals surface area contributed by atoms with E-state index in [0.717, 1.165) is 5.56 Å². The van der Waals surface area contributed by atoms with Gasteiger partial charge < -0.3 is 9.84 Å². The van der Waals surface area contributed by atoms with Crippen molar-refractivity contribution in [3.05, 3.63) is 35.9 Å². The first-order valence-corrected chi connectivity index (χ1v) is 6.71. The number of carboxylic acid groups (broad SMARTS) is 1. The van der Waals surface area contributed by atoms with Crippen LogP contribution in [0.25, 0.3) is 0 Å². The zero-order chi connectivity index (χ0) is 14.7. The van der Waals surface area contributed by atoms with Gasteiger partial charge in [-0.2, -0.15) is 0 Å². The molecule has 0 aliphatic carbocycles. The molecule has 0 spiro atoms. The zero-order valence-corrected chi connectivity index (χ0v) is 11.7. The van der Waals surface area contributed by atoms with Gasteiger partial charge in [0.2, 0.25) is 0 Å². The minimum atomic E-state index is -0.974. The number of aliphatic carboxylic acids is 1. The number of hydrogen-bond donors (Lipinski definition) is 1. The van der Waals surface area contributed by atoms with E-state index in [1.54, 1.807) is 0 Å². The molecule has 0 radical (unpaired) electrons. The molecule has 1 heterocycles. The van der Waals surface area contributed by atoms with Crippen LogP contribution in [0.5, 0.6) is 0 Å². The van der Waals surface area contributed by atoms with Gasteiger partial charge >= 0.3 is 12.1 Å². The number of ether oxygens (including phenoxy) is 1. The lowest BCUT2D eigenvalue weighted by Crippen LogP contribution is -2.42. The van der Waals surface area contributed by atoms with Crippen LogP contribution < -0.4 is 0 Å². The van der Waals surface area contributed by atoms with Gasteiger partial charge in [0.05, 0.1) is 0 Å². The van der Waals surface area contributed by atoms with Crippen LogP contribution in [0.4, 0.5) is 4.79 Å². The molecule has 1 saturated heterocycles. The summed E-state index contributed by atoms with van der Waals surface area (Å²) >= 11 is 0. The van der Waals surface area contributed by atoms with E-state index < -0.39 is 18.1 Å². The Bertz CT molecular complexity index is 488. The number of carboxylic acids is 1. The number of carbonyl (C=O) groups excluding carboxylic acids is 1. The van der Waals surface area contributed by atoms with Gasteiger partial charge in [-0.3, -0.25) is 4.90 Å². The third kappa shape index (κ3) is 2.92.